The highest BCUT2D eigenvalue weighted by molar-refractivity contribution is 7.90. The van der Waals surface area contributed by atoms with Crippen molar-refractivity contribution in [2.24, 2.45) is 11.8 Å². The summed E-state index contributed by atoms with van der Waals surface area (Å²) >= 11 is 1.50. The van der Waals surface area contributed by atoms with Crippen LogP contribution in [0.3, 0.4) is 0 Å². The number of hydrogen-bond acceptors (Lipinski definition) is 10. The Kier molecular flexibility index (Phi) is 13.7. The van der Waals surface area contributed by atoms with E-state index in [9.17, 15) is 36.6 Å². The molecule has 18 heteroatoms. The Morgan fingerprint density at radius 2 is 1.73 bits per heavy atom. The summed E-state index contributed by atoms with van der Waals surface area (Å²) in [6.45, 7) is 9.81. The molecule has 1 unspecified atom stereocenters. The number of aromatic hydroxyl groups is 1. The Hall–Kier alpha value is -3.81. The van der Waals surface area contributed by atoms with Crippen LogP contribution in [0.4, 0.5) is 10.5 Å². The van der Waals surface area contributed by atoms with Crippen molar-refractivity contribution in [3.63, 3.8) is 0 Å². The molecule has 0 aliphatic carbocycles. The highest BCUT2D eigenvalue weighted by Crippen LogP contribution is 2.29. The van der Waals surface area contributed by atoms with Crippen LogP contribution in [0.5, 0.6) is 5.75 Å². The first kappa shape index (κ1) is 41.0. The largest absolute Gasteiger partial charge is 0.506 e. The van der Waals surface area contributed by atoms with E-state index in [1.165, 1.54) is 16.2 Å². The number of nitrogens with one attached hydrogen (secondary N) is 3. The van der Waals surface area contributed by atoms with Gasteiger partial charge in [0.15, 0.2) is 0 Å². The standard InChI is InChI=1S/C34H49N7O8S3/c1-22(2)18-40(51(46,47)27-12-13-30(42)29(17-27)38-52(48,49)35-6)20-31(43)28(16-25-10-8-7-9-11-25)37-33(44)32(23(3)4)41-15-14-39(34(41)45)19-26-21-50-24(5)36-26/h7-13,17,21-23,28,31-32,35,38,42-43H,14-16,18-20H2,1-6H3,(H,37,44)/t28-,31+,32?/m0/s1. The van der Waals surface area contributed by atoms with Crippen LogP contribution in [0.2, 0.25) is 0 Å². The molecule has 0 radical (unpaired) electrons. The monoisotopic (exact) mass is 779 g/mol. The summed E-state index contributed by atoms with van der Waals surface area (Å²) in [5, 5.41) is 27.8. The predicted octanol–water partition coefficient (Wildman–Crippen LogP) is 2.73. The normalized spacial score (nSPS) is 15.8. The highest BCUT2D eigenvalue weighted by atomic mass is 32.2. The topological polar surface area (TPSA) is 202 Å². The summed E-state index contributed by atoms with van der Waals surface area (Å²) in [6.07, 6.45) is -1.25. The van der Waals surface area contributed by atoms with Crippen molar-refractivity contribution in [3.8, 4) is 5.75 Å². The van der Waals surface area contributed by atoms with Crippen molar-refractivity contribution < 1.29 is 36.6 Å². The number of rotatable bonds is 18. The minimum absolute atomic E-state index is 0.0188. The van der Waals surface area contributed by atoms with Gasteiger partial charge in [0, 0.05) is 38.6 Å². The number of anilines is 1. The molecule has 1 aliphatic rings. The van der Waals surface area contributed by atoms with Gasteiger partial charge >= 0.3 is 6.03 Å². The molecule has 3 aromatic rings. The van der Waals surface area contributed by atoms with Crippen LogP contribution in [0, 0.1) is 18.8 Å². The first-order chi connectivity index (χ1) is 24.4. The zero-order chi connectivity index (χ0) is 38.4. The number of carbonyl (C=O) groups excluding carboxylic acids is 2. The summed E-state index contributed by atoms with van der Waals surface area (Å²) in [6, 6.07) is 10.2. The molecule has 0 bridgehead atoms. The highest BCUT2D eigenvalue weighted by Gasteiger charge is 2.40. The van der Waals surface area contributed by atoms with E-state index in [0.717, 1.165) is 45.8 Å². The van der Waals surface area contributed by atoms with E-state index in [1.807, 2.05) is 61.2 Å². The van der Waals surface area contributed by atoms with Crippen LogP contribution in [0.25, 0.3) is 0 Å². The average Bonchev–Trinajstić information content (AvgIpc) is 3.65. The van der Waals surface area contributed by atoms with Crippen LogP contribution in [0.15, 0.2) is 58.8 Å². The Labute approximate surface area is 310 Å². The first-order valence-electron chi connectivity index (χ1n) is 16.9. The van der Waals surface area contributed by atoms with Crippen molar-refractivity contribution in [2.45, 2.75) is 70.7 Å². The van der Waals surface area contributed by atoms with E-state index < -0.39 is 56.6 Å². The lowest BCUT2D eigenvalue weighted by Gasteiger charge is -2.34. The number of urea groups is 1. The molecule has 3 amide bonds. The van der Waals surface area contributed by atoms with E-state index in [-0.39, 0.29) is 41.4 Å². The fourth-order valence-corrected chi connectivity index (χ4v) is 8.83. The van der Waals surface area contributed by atoms with Gasteiger partial charge in [0.05, 0.1) is 40.0 Å². The second kappa shape index (κ2) is 17.3. The number of aryl methyl sites for hydroxylation is 1. The van der Waals surface area contributed by atoms with Gasteiger partial charge in [-0.3, -0.25) is 9.52 Å². The van der Waals surface area contributed by atoms with Crippen LogP contribution >= 0.6 is 11.3 Å². The number of aliphatic hydroxyl groups excluding tert-OH is 1. The molecule has 52 heavy (non-hydrogen) atoms. The van der Waals surface area contributed by atoms with Gasteiger partial charge in [0.2, 0.25) is 15.9 Å². The number of phenolic OH excluding ortho intramolecular Hbond substituents is 1. The van der Waals surface area contributed by atoms with Crippen LogP contribution in [-0.4, -0.2) is 109 Å². The van der Waals surface area contributed by atoms with Gasteiger partial charge < -0.3 is 25.3 Å². The molecular formula is C34H49N7O8S3. The molecule has 0 saturated carbocycles. The third-order valence-electron chi connectivity index (χ3n) is 8.55. The molecule has 2 aromatic carbocycles. The Morgan fingerprint density at radius 1 is 1.04 bits per heavy atom. The maximum absolute atomic E-state index is 14.1. The average molecular weight is 780 g/mol. The van der Waals surface area contributed by atoms with Gasteiger partial charge in [0.25, 0.3) is 10.2 Å². The van der Waals surface area contributed by atoms with Crippen molar-refractivity contribution in [1.29, 1.82) is 0 Å². The minimum atomic E-state index is -4.38. The Bertz CT molecular complexity index is 1910. The lowest BCUT2D eigenvalue weighted by atomic mass is 9.97. The molecule has 0 spiro atoms. The second-order valence-electron chi connectivity index (χ2n) is 13.5. The molecule has 286 valence electrons. The maximum Gasteiger partial charge on any atom is 0.321 e. The number of hydrogen-bond donors (Lipinski definition) is 5. The van der Waals surface area contributed by atoms with Gasteiger partial charge in [0.1, 0.15) is 11.8 Å². The molecule has 5 N–H and O–H groups in total. The summed E-state index contributed by atoms with van der Waals surface area (Å²) in [5.41, 5.74) is 1.21. The van der Waals surface area contributed by atoms with Crippen molar-refractivity contribution in [1.82, 2.24) is 29.1 Å². The van der Waals surface area contributed by atoms with Crippen LogP contribution in [-0.2, 0) is 38.0 Å². The van der Waals surface area contributed by atoms with E-state index in [0.29, 0.717) is 19.6 Å². The fraction of sp³-hybridized carbons (Fsp3) is 0.500. The first-order valence-corrected chi connectivity index (χ1v) is 20.8. The summed E-state index contributed by atoms with van der Waals surface area (Å²) in [5.74, 6) is -1.45. The number of nitrogens with zero attached hydrogens (tertiary/aromatic N) is 4. The molecule has 2 heterocycles. The van der Waals surface area contributed by atoms with Gasteiger partial charge in [-0.1, -0.05) is 58.0 Å². The fourth-order valence-electron chi connectivity index (χ4n) is 6.02. The molecular weight excluding hydrogens is 731 g/mol. The Morgan fingerprint density at radius 3 is 2.33 bits per heavy atom. The van der Waals surface area contributed by atoms with Crippen molar-refractivity contribution >= 4 is 49.2 Å². The number of phenols is 1. The Balaban J connectivity index is 1.61. The number of amides is 3. The maximum atomic E-state index is 14.1. The number of aliphatic hydroxyl groups is 1. The van der Waals surface area contributed by atoms with Gasteiger partial charge in [-0.15, -0.1) is 11.3 Å². The van der Waals surface area contributed by atoms with Gasteiger partial charge in [-0.2, -0.15) is 12.7 Å². The molecule has 1 aliphatic heterocycles. The minimum Gasteiger partial charge on any atom is -0.506 e. The third kappa shape index (κ3) is 10.4. The summed E-state index contributed by atoms with van der Waals surface area (Å²) in [4.78, 5) is 35.0. The third-order valence-corrected chi connectivity index (χ3v) is 12.2. The zero-order valence-electron chi connectivity index (χ0n) is 30.2. The van der Waals surface area contributed by atoms with Gasteiger partial charge in [-0.05, 0) is 48.9 Å². The summed E-state index contributed by atoms with van der Waals surface area (Å²) in [7, 11) is -7.31. The lowest BCUT2D eigenvalue weighted by molar-refractivity contribution is -0.128. The van der Waals surface area contributed by atoms with Gasteiger partial charge in [-0.25, -0.2) is 22.9 Å². The zero-order valence-corrected chi connectivity index (χ0v) is 32.6. The molecule has 1 aromatic heterocycles. The molecule has 15 nitrogen and oxygen atoms in total. The van der Waals surface area contributed by atoms with Crippen LogP contribution < -0.4 is 14.8 Å². The number of carbonyl (C=O) groups is 2. The van der Waals surface area contributed by atoms with E-state index >= 15 is 0 Å². The molecule has 3 atom stereocenters. The van der Waals surface area contributed by atoms with E-state index in [1.54, 1.807) is 18.7 Å². The number of sulfonamides is 1. The molecule has 1 fully saturated rings. The van der Waals surface area contributed by atoms with E-state index in [2.05, 4.69) is 15.0 Å². The number of benzene rings is 2. The smallest absolute Gasteiger partial charge is 0.321 e. The second-order valence-corrected chi connectivity index (χ2v) is 18.1. The van der Waals surface area contributed by atoms with Crippen LogP contribution in [0.1, 0.15) is 44.0 Å². The molecule has 1 saturated heterocycles. The van der Waals surface area contributed by atoms with Crippen molar-refractivity contribution in [3.05, 3.63) is 70.2 Å². The number of aromatic nitrogens is 1. The lowest BCUT2D eigenvalue weighted by Crippen LogP contribution is -2.57. The van der Waals surface area contributed by atoms with Crippen molar-refractivity contribution in [2.75, 3.05) is 37.9 Å². The quantitative estimate of drug-likeness (QED) is 0.120. The SMILES string of the molecule is CNS(=O)(=O)Nc1cc(S(=O)(=O)N(CC(C)C)C[C@@H](O)[C@H](Cc2ccccc2)NC(=O)C(C(C)C)N2CCN(Cc3csc(C)n3)C2=O)ccc1O. The van der Waals surface area contributed by atoms with E-state index in [4.69, 9.17) is 0 Å². The summed E-state index contributed by atoms with van der Waals surface area (Å²) < 4.78 is 57.6. The number of thiazole rings is 1. The predicted molar refractivity (Wildman–Crippen MR) is 199 cm³/mol. The molecule has 4 rings (SSSR count).